The van der Waals surface area contributed by atoms with Gasteiger partial charge in [0, 0.05) is 17.4 Å². The average Bonchev–Trinajstić information content (AvgIpc) is 3.05. The molecule has 2 aromatic carbocycles. The zero-order valence-electron chi connectivity index (χ0n) is 12.4. The molecular formula is C18H13NO4. The highest BCUT2D eigenvalue weighted by Crippen LogP contribution is 2.32. The molecular weight excluding hydrogens is 294 g/mol. The zero-order valence-corrected chi connectivity index (χ0v) is 12.4. The van der Waals surface area contributed by atoms with Crippen LogP contribution < -0.4 is 4.74 Å². The van der Waals surface area contributed by atoms with Gasteiger partial charge in [0.05, 0.1) is 7.11 Å². The van der Waals surface area contributed by atoms with Crippen LogP contribution in [0.4, 0.5) is 0 Å². The van der Waals surface area contributed by atoms with Gasteiger partial charge in [-0.25, -0.2) is 9.59 Å². The summed E-state index contributed by atoms with van der Waals surface area (Å²) in [7, 11) is 1.61. The second kappa shape index (κ2) is 4.98. The number of para-hydroxylation sites is 1. The molecule has 0 radical (unpaired) electrons. The number of aromatic nitrogens is 1. The SMILES string of the molecule is COc1ccc(Cn2c3c(c4ccccc42)C(=O)OC3=O)cc1. The Bertz CT molecular complexity index is 938. The highest BCUT2D eigenvalue weighted by atomic mass is 16.6. The van der Waals surface area contributed by atoms with Crippen molar-refractivity contribution in [2.24, 2.45) is 0 Å². The van der Waals surface area contributed by atoms with E-state index in [-0.39, 0.29) is 0 Å². The largest absolute Gasteiger partial charge is 0.497 e. The molecule has 1 aromatic heterocycles. The summed E-state index contributed by atoms with van der Waals surface area (Å²) in [4.78, 5) is 24.0. The van der Waals surface area contributed by atoms with Crippen molar-refractivity contribution in [1.82, 2.24) is 4.57 Å². The first kappa shape index (κ1) is 13.6. The van der Waals surface area contributed by atoms with Crippen molar-refractivity contribution >= 4 is 22.8 Å². The molecule has 114 valence electrons. The fraction of sp³-hybridized carbons (Fsp3) is 0.111. The van der Waals surface area contributed by atoms with Gasteiger partial charge in [-0.2, -0.15) is 0 Å². The minimum Gasteiger partial charge on any atom is -0.497 e. The van der Waals surface area contributed by atoms with Gasteiger partial charge in [-0.15, -0.1) is 0 Å². The lowest BCUT2D eigenvalue weighted by Gasteiger charge is -2.09. The molecule has 0 spiro atoms. The number of carbonyl (C=O) groups excluding carboxylic acids is 2. The summed E-state index contributed by atoms with van der Waals surface area (Å²) in [6, 6.07) is 15.1. The number of benzene rings is 2. The molecule has 0 bridgehead atoms. The van der Waals surface area contributed by atoms with Crippen molar-refractivity contribution in [3.05, 3.63) is 65.4 Å². The van der Waals surface area contributed by atoms with Crippen molar-refractivity contribution in [3.63, 3.8) is 0 Å². The number of rotatable bonds is 3. The molecule has 0 aliphatic carbocycles. The topological polar surface area (TPSA) is 57.5 Å². The van der Waals surface area contributed by atoms with Gasteiger partial charge in [0.25, 0.3) is 0 Å². The summed E-state index contributed by atoms with van der Waals surface area (Å²) in [5.74, 6) is -0.393. The fourth-order valence-corrected chi connectivity index (χ4v) is 2.98. The maximum atomic E-state index is 12.1. The molecule has 0 atom stereocenters. The van der Waals surface area contributed by atoms with Crippen molar-refractivity contribution < 1.29 is 19.1 Å². The van der Waals surface area contributed by atoms with E-state index in [1.165, 1.54) is 0 Å². The quantitative estimate of drug-likeness (QED) is 0.551. The Morgan fingerprint density at radius 2 is 1.74 bits per heavy atom. The van der Waals surface area contributed by atoms with Crippen molar-refractivity contribution in [2.75, 3.05) is 7.11 Å². The van der Waals surface area contributed by atoms with Crippen LogP contribution in [0.3, 0.4) is 0 Å². The predicted octanol–water partition coefficient (Wildman–Crippen LogP) is 3.01. The van der Waals surface area contributed by atoms with E-state index in [1.807, 2.05) is 53.1 Å². The number of esters is 2. The van der Waals surface area contributed by atoms with Crippen LogP contribution in [-0.4, -0.2) is 23.6 Å². The Morgan fingerprint density at radius 3 is 2.48 bits per heavy atom. The molecule has 5 heteroatoms. The van der Waals surface area contributed by atoms with E-state index >= 15 is 0 Å². The van der Waals surface area contributed by atoms with Gasteiger partial charge >= 0.3 is 11.9 Å². The van der Waals surface area contributed by atoms with Crippen molar-refractivity contribution in [1.29, 1.82) is 0 Å². The molecule has 0 amide bonds. The molecule has 2 heterocycles. The lowest BCUT2D eigenvalue weighted by atomic mass is 10.1. The molecule has 0 saturated heterocycles. The molecule has 0 saturated carbocycles. The van der Waals surface area contributed by atoms with E-state index < -0.39 is 11.9 Å². The maximum Gasteiger partial charge on any atom is 0.363 e. The fourth-order valence-electron chi connectivity index (χ4n) is 2.98. The summed E-state index contributed by atoms with van der Waals surface area (Å²) >= 11 is 0. The first-order valence-corrected chi connectivity index (χ1v) is 7.19. The van der Waals surface area contributed by atoms with Gasteiger partial charge in [0.2, 0.25) is 0 Å². The van der Waals surface area contributed by atoms with Crippen LogP contribution in [0.15, 0.2) is 48.5 Å². The first-order chi connectivity index (χ1) is 11.2. The zero-order chi connectivity index (χ0) is 16.0. The van der Waals surface area contributed by atoms with E-state index in [0.29, 0.717) is 17.8 Å². The van der Waals surface area contributed by atoms with Crippen LogP contribution in [0.1, 0.15) is 26.4 Å². The molecule has 0 N–H and O–H groups in total. The van der Waals surface area contributed by atoms with Crippen LogP contribution in [0.2, 0.25) is 0 Å². The van der Waals surface area contributed by atoms with Crippen LogP contribution in [0.5, 0.6) is 5.75 Å². The number of methoxy groups -OCH3 is 1. The number of ether oxygens (including phenoxy) is 2. The number of fused-ring (bicyclic) bond motifs is 3. The van der Waals surface area contributed by atoms with Crippen LogP contribution in [0.25, 0.3) is 10.9 Å². The molecule has 3 aromatic rings. The third-order valence-corrected chi connectivity index (χ3v) is 4.05. The Balaban J connectivity index is 1.88. The summed E-state index contributed by atoms with van der Waals surface area (Å²) in [5.41, 5.74) is 2.53. The standard InChI is InChI=1S/C18H13NO4/c1-22-12-8-6-11(7-9-12)10-19-14-5-3-2-4-13(14)15-16(19)18(21)23-17(15)20/h2-9H,10H2,1H3. The molecule has 0 unspecified atom stereocenters. The lowest BCUT2D eigenvalue weighted by molar-refractivity contribution is 0.0440. The summed E-state index contributed by atoms with van der Waals surface area (Å²) in [6.45, 7) is 0.474. The van der Waals surface area contributed by atoms with Gasteiger partial charge in [0.15, 0.2) is 0 Å². The molecule has 23 heavy (non-hydrogen) atoms. The monoisotopic (exact) mass is 307 g/mol. The Hall–Kier alpha value is -3.08. The summed E-state index contributed by atoms with van der Waals surface area (Å²) in [5, 5.41) is 0.742. The van der Waals surface area contributed by atoms with Gasteiger partial charge in [-0.1, -0.05) is 30.3 Å². The van der Waals surface area contributed by atoms with E-state index in [0.717, 1.165) is 22.2 Å². The second-order valence-corrected chi connectivity index (χ2v) is 5.35. The molecule has 4 rings (SSSR count). The smallest absolute Gasteiger partial charge is 0.363 e. The van der Waals surface area contributed by atoms with Gasteiger partial charge in [-0.3, -0.25) is 0 Å². The van der Waals surface area contributed by atoms with Gasteiger partial charge in [-0.05, 0) is 23.8 Å². The minimum atomic E-state index is -0.588. The predicted molar refractivity (Wildman–Crippen MR) is 83.8 cm³/mol. The third-order valence-electron chi connectivity index (χ3n) is 4.05. The second-order valence-electron chi connectivity index (χ2n) is 5.35. The van der Waals surface area contributed by atoms with Crippen LogP contribution >= 0.6 is 0 Å². The highest BCUT2D eigenvalue weighted by molar-refractivity contribution is 6.21. The van der Waals surface area contributed by atoms with Gasteiger partial charge < -0.3 is 14.0 Å². The van der Waals surface area contributed by atoms with Gasteiger partial charge in [0.1, 0.15) is 17.0 Å². The highest BCUT2D eigenvalue weighted by Gasteiger charge is 2.36. The summed E-state index contributed by atoms with van der Waals surface area (Å²) < 4.78 is 11.8. The Labute approximate surface area is 132 Å². The Morgan fingerprint density at radius 1 is 1.00 bits per heavy atom. The number of hydrogen-bond acceptors (Lipinski definition) is 4. The normalized spacial score (nSPS) is 13.3. The van der Waals surface area contributed by atoms with Crippen LogP contribution in [0, 0.1) is 0 Å². The Kier molecular flexibility index (Phi) is 2.94. The number of nitrogens with zero attached hydrogens (tertiary/aromatic N) is 1. The number of carbonyl (C=O) groups is 2. The van der Waals surface area contributed by atoms with E-state index in [1.54, 1.807) is 7.11 Å². The number of cyclic esters (lactones) is 2. The molecule has 0 fully saturated rings. The van der Waals surface area contributed by atoms with Crippen molar-refractivity contribution in [2.45, 2.75) is 6.54 Å². The van der Waals surface area contributed by atoms with E-state index in [4.69, 9.17) is 9.47 Å². The molecule has 1 aliphatic heterocycles. The molecule has 5 nitrogen and oxygen atoms in total. The lowest BCUT2D eigenvalue weighted by Crippen LogP contribution is -2.09. The average molecular weight is 307 g/mol. The van der Waals surface area contributed by atoms with Crippen molar-refractivity contribution in [3.8, 4) is 5.75 Å². The minimum absolute atomic E-state index is 0.326. The summed E-state index contributed by atoms with van der Waals surface area (Å²) in [6.07, 6.45) is 0. The first-order valence-electron chi connectivity index (χ1n) is 7.19. The van der Waals surface area contributed by atoms with Crippen LogP contribution in [-0.2, 0) is 11.3 Å². The molecule has 1 aliphatic rings. The van der Waals surface area contributed by atoms with E-state index in [9.17, 15) is 9.59 Å². The maximum absolute atomic E-state index is 12.1. The number of hydrogen-bond donors (Lipinski definition) is 0. The third kappa shape index (κ3) is 2.01. The van der Waals surface area contributed by atoms with E-state index in [2.05, 4.69) is 0 Å².